The number of aromatic nitrogens is 2. The number of rotatable bonds is 5. The standard InChI is InChI=1S/C24H22N4O/c1-3-18-10-9-13-20(16-18)28-23(29)21-14-7-8-15-22(21)25-24(28)27-26-17(2)19-11-5-4-6-12-19/h4-16H,3H2,1-2H3,(H,25,27)/b26-17+. The van der Waals surface area contributed by atoms with Crippen molar-refractivity contribution >= 4 is 22.6 Å². The van der Waals surface area contributed by atoms with Gasteiger partial charge in [-0.15, -0.1) is 0 Å². The van der Waals surface area contributed by atoms with Gasteiger partial charge in [0, 0.05) is 0 Å². The zero-order valence-corrected chi connectivity index (χ0v) is 16.5. The van der Waals surface area contributed by atoms with E-state index in [4.69, 9.17) is 0 Å². The Kier molecular flexibility index (Phi) is 5.20. The molecule has 1 heterocycles. The van der Waals surface area contributed by atoms with E-state index in [1.54, 1.807) is 10.6 Å². The van der Waals surface area contributed by atoms with Crippen LogP contribution in [0.4, 0.5) is 5.95 Å². The molecule has 1 N–H and O–H groups in total. The molecule has 144 valence electrons. The lowest BCUT2D eigenvalue weighted by molar-refractivity contribution is 0.950. The molecule has 0 bridgehead atoms. The molecule has 5 heteroatoms. The van der Waals surface area contributed by atoms with Crippen molar-refractivity contribution in [2.45, 2.75) is 20.3 Å². The van der Waals surface area contributed by atoms with Gasteiger partial charge in [-0.3, -0.25) is 4.79 Å². The van der Waals surface area contributed by atoms with Crippen LogP contribution in [-0.2, 0) is 6.42 Å². The Labute approximate surface area is 169 Å². The van der Waals surface area contributed by atoms with Crippen molar-refractivity contribution < 1.29 is 0 Å². The Morgan fingerprint density at radius 1 is 1.00 bits per heavy atom. The molecule has 0 radical (unpaired) electrons. The van der Waals surface area contributed by atoms with E-state index in [0.29, 0.717) is 16.9 Å². The maximum absolute atomic E-state index is 13.3. The number of benzene rings is 3. The summed E-state index contributed by atoms with van der Waals surface area (Å²) in [7, 11) is 0. The fraction of sp³-hybridized carbons (Fsp3) is 0.125. The van der Waals surface area contributed by atoms with E-state index in [1.165, 1.54) is 0 Å². The zero-order chi connectivity index (χ0) is 20.2. The predicted octanol–water partition coefficient (Wildman–Crippen LogP) is 4.78. The third kappa shape index (κ3) is 3.80. The van der Waals surface area contributed by atoms with Gasteiger partial charge in [-0.2, -0.15) is 5.10 Å². The average molecular weight is 382 g/mol. The van der Waals surface area contributed by atoms with E-state index in [-0.39, 0.29) is 5.56 Å². The summed E-state index contributed by atoms with van der Waals surface area (Å²) < 4.78 is 1.59. The average Bonchev–Trinajstić information content (AvgIpc) is 2.78. The topological polar surface area (TPSA) is 59.3 Å². The molecular weight excluding hydrogens is 360 g/mol. The number of para-hydroxylation sites is 1. The molecule has 0 aliphatic heterocycles. The number of anilines is 1. The summed E-state index contributed by atoms with van der Waals surface area (Å²) in [6, 6.07) is 25.2. The van der Waals surface area contributed by atoms with Crippen LogP contribution < -0.4 is 11.0 Å². The molecule has 0 fully saturated rings. The number of nitrogens with zero attached hydrogens (tertiary/aromatic N) is 3. The first kappa shape index (κ1) is 18.6. The van der Waals surface area contributed by atoms with Crippen LogP contribution in [0.1, 0.15) is 25.0 Å². The van der Waals surface area contributed by atoms with Gasteiger partial charge in [0.05, 0.1) is 22.3 Å². The highest BCUT2D eigenvalue weighted by atomic mass is 16.1. The highest BCUT2D eigenvalue weighted by molar-refractivity contribution is 5.99. The van der Waals surface area contributed by atoms with Crippen molar-refractivity contribution in [3.8, 4) is 5.69 Å². The molecule has 0 spiro atoms. The zero-order valence-electron chi connectivity index (χ0n) is 16.5. The van der Waals surface area contributed by atoms with Crippen molar-refractivity contribution in [1.29, 1.82) is 0 Å². The smallest absolute Gasteiger partial charge is 0.267 e. The van der Waals surface area contributed by atoms with Gasteiger partial charge >= 0.3 is 0 Å². The molecule has 0 aliphatic carbocycles. The summed E-state index contributed by atoms with van der Waals surface area (Å²) >= 11 is 0. The minimum Gasteiger partial charge on any atom is -0.268 e. The van der Waals surface area contributed by atoms with Crippen LogP contribution >= 0.6 is 0 Å². The van der Waals surface area contributed by atoms with Crippen molar-refractivity contribution in [2.24, 2.45) is 5.10 Å². The van der Waals surface area contributed by atoms with Crippen molar-refractivity contribution in [2.75, 3.05) is 5.43 Å². The first-order chi connectivity index (χ1) is 14.2. The van der Waals surface area contributed by atoms with E-state index in [0.717, 1.165) is 28.9 Å². The Hall–Kier alpha value is -3.73. The van der Waals surface area contributed by atoms with E-state index in [1.807, 2.05) is 79.7 Å². The normalized spacial score (nSPS) is 11.6. The van der Waals surface area contributed by atoms with Crippen molar-refractivity contribution in [3.63, 3.8) is 0 Å². The summed E-state index contributed by atoms with van der Waals surface area (Å²) in [6.45, 7) is 4.01. The quantitative estimate of drug-likeness (QED) is 0.399. The van der Waals surface area contributed by atoms with Gasteiger partial charge in [0.25, 0.3) is 5.56 Å². The monoisotopic (exact) mass is 382 g/mol. The molecular formula is C24H22N4O. The first-order valence-electron chi connectivity index (χ1n) is 9.64. The minimum absolute atomic E-state index is 0.126. The summed E-state index contributed by atoms with van der Waals surface area (Å²) in [5.74, 6) is 0.386. The molecule has 5 nitrogen and oxygen atoms in total. The molecule has 0 saturated carbocycles. The van der Waals surface area contributed by atoms with Gasteiger partial charge in [0.1, 0.15) is 0 Å². The van der Waals surface area contributed by atoms with Crippen molar-refractivity contribution in [1.82, 2.24) is 9.55 Å². The Bertz CT molecular complexity index is 1240. The highest BCUT2D eigenvalue weighted by Crippen LogP contribution is 2.18. The summed E-state index contributed by atoms with van der Waals surface area (Å²) in [6.07, 6.45) is 0.887. The van der Waals surface area contributed by atoms with Crippen LogP contribution in [0, 0.1) is 0 Å². The van der Waals surface area contributed by atoms with Crippen LogP contribution in [0.15, 0.2) is 88.8 Å². The second-order valence-corrected chi connectivity index (χ2v) is 6.79. The number of nitrogens with one attached hydrogen (secondary N) is 1. The van der Waals surface area contributed by atoms with Gasteiger partial charge in [-0.1, -0.05) is 61.5 Å². The molecule has 0 unspecified atom stereocenters. The largest absolute Gasteiger partial charge is 0.268 e. The lowest BCUT2D eigenvalue weighted by Gasteiger charge is -2.14. The lowest BCUT2D eigenvalue weighted by Crippen LogP contribution is -2.23. The van der Waals surface area contributed by atoms with Crippen LogP contribution in [0.25, 0.3) is 16.6 Å². The molecule has 0 amide bonds. The summed E-state index contributed by atoms with van der Waals surface area (Å²) in [5, 5.41) is 5.06. The third-order valence-electron chi connectivity index (χ3n) is 4.87. The Morgan fingerprint density at radius 3 is 2.55 bits per heavy atom. The van der Waals surface area contributed by atoms with Crippen molar-refractivity contribution in [3.05, 3.63) is 100 Å². The number of hydrogen-bond donors (Lipinski definition) is 1. The van der Waals surface area contributed by atoms with E-state index >= 15 is 0 Å². The molecule has 4 rings (SSSR count). The van der Waals surface area contributed by atoms with E-state index < -0.39 is 0 Å². The van der Waals surface area contributed by atoms with Gasteiger partial charge in [0.15, 0.2) is 0 Å². The Balaban J connectivity index is 1.86. The Morgan fingerprint density at radius 2 is 1.76 bits per heavy atom. The SMILES string of the molecule is CCc1cccc(-n2c(N/N=C(\C)c3ccccc3)nc3ccccc3c2=O)c1. The van der Waals surface area contributed by atoms with Gasteiger partial charge in [0.2, 0.25) is 5.95 Å². The fourth-order valence-electron chi connectivity index (χ4n) is 3.24. The van der Waals surface area contributed by atoms with E-state index in [2.05, 4.69) is 22.4 Å². The molecule has 1 aromatic heterocycles. The maximum atomic E-state index is 13.3. The molecule has 4 aromatic rings. The first-order valence-corrected chi connectivity index (χ1v) is 9.64. The third-order valence-corrected chi connectivity index (χ3v) is 4.87. The fourth-order valence-corrected chi connectivity index (χ4v) is 3.24. The molecule has 0 aliphatic rings. The summed E-state index contributed by atoms with van der Waals surface area (Å²) in [4.78, 5) is 18.0. The predicted molar refractivity (Wildman–Crippen MR) is 119 cm³/mol. The lowest BCUT2D eigenvalue weighted by atomic mass is 10.1. The minimum atomic E-state index is -0.126. The van der Waals surface area contributed by atoms with Crippen LogP contribution in [0.5, 0.6) is 0 Å². The van der Waals surface area contributed by atoms with Crippen LogP contribution in [-0.4, -0.2) is 15.3 Å². The van der Waals surface area contributed by atoms with E-state index in [9.17, 15) is 4.79 Å². The molecule has 0 saturated heterocycles. The molecule has 0 atom stereocenters. The molecule has 3 aromatic carbocycles. The van der Waals surface area contributed by atoms with Gasteiger partial charge in [-0.25, -0.2) is 15.0 Å². The number of aryl methyl sites for hydroxylation is 1. The maximum Gasteiger partial charge on any atom is 0.267 e. The highest BCUT2D eigenvalue weighted by Gasteiger charge is 2.13. The summed E-state index contributed by atoms with van der Waals surface area (Å²) in [5.41, 5.74) is 7.26. The second-order valence-electron chi connectivity index (χ2n) is 6.79. The van der Waals surface area contributed by atoms with Gasteiger partial charge in [-0.05, 0) is 48.7 Å². The van der Waals surface area contributed by atoms with Crippen LogP contribution in [0.3, 0.4) is 0 Å². The second kappa shape index (κ2) is 8.10. The number of hydrogen-bond acceptors (Lipinski definition) is 4. The number of fused-ring (bicyclic) bond motifs is 1. The molecule has 29 heavy (non-hydrogen) atoms. The van der Waals surface area contributed by atoms with Gasteiger partial charge < -0.3 is 0 Å². The van der Waals surface area contributed by atoms with Crippen LogP contribution in [0.2, 0.25) is 0 Å². The number of hydrazone groups is 1.